The largest absolute Gasteiger partial charge is 0.492 e. The highest BCUT2D eigenvalue weighted by molar-refractivity contribution is 14.1. The van der Waals surface area contributed by atoms with E-state index in [1.54, 1.807) is 13.0 Å². The Balaban J connectivity index is 2.34. The maximum absolute atomic E-state index is 11.5. The number of aliphatic carboxylic acids is 1. The van der Waals surface area contributed by atoms with Crippen LogP contribution in [0.3, 0.4) is 0 Å². The van der Waals surface area contributed by atoms with Crippen LogP contribution >= 0.6 is 56.9 Å². The van der Waals surface area contributed by atoms with Gasteiger partial charge in [-0.2, -0.15) is 0 Å². The van der Waals surface area contributed by atoms with E-state index in [1.165, 1.54) is 0 Å². The molecule has 0 bridgehead atoms. The van der Waals surface area contributed by atoms with Gasteiger partial charge in [0.2, 0.25) is 5.16 Å². The van der Waals surface area contributed by atoms with Crippen LogP contribution in [0, 0.1) is 14.1 Å². The Hall–Kier alpha value is -0.820. The summed E-state index contributed by atoms with van der Waals surface area (Å²) < 4.78 is 7.46. The van der Waals surface area contributed by atoms with Gasteiger partial charge in [0.1, 0.15) is 16.5 Å². The number of hydrogen-bond acceptors (Lipinski definition) is 5. The van der Waals surface area contributed by atoms with E-state index in [4.69, 9.17) is 4.74 Å². The zero-order valence-corrected chi connectivity index (χ0v) is 17.4. The predicted molar refractivity (Wildman–Crippen MR) is 106 cm³/mol. The maximum atomic E-state index is 11.5. The Morgan fingerprint density at radius 2 is 2.09 bits per heavy atom. The van der Waals surface area contributed by atoms with Gasteiger partial charge in [0.25, 0.3) is 0 Å². The van der Waals surface area contributed by atoms with Gasteiger partial charge in [0.05, 0.1) is 13.7 Å². The Morgan fingerprint density at radius 1 is 1.43 bits per heavy atom. The molecule has 0 aliphatic heterocycles. The summed E-state index contributed by atoms with van der Waals surface area (Å²) in [5.41, 5.74) is 0.791. The molecule has 0 aliphatic carbocycles. The van der Waals surface area contributed by atoms with E-state index in [0.717, 1.165) is 30.2 Å². The van der Waals surface area contributed by atoms with Crippen molar-refractivity contribution in [2.24, 2.45) is 0 Å². The number of hydrogen-bond donors (Lipinski definition) is 2. The van der Waals surface area contributed by atoms with Crippen molar-refractivity contribution in [3.8, 4) is 5.75 Å². The number of aromatic nitrogens is 3. The van der Waals surface area contributed by atoms with Crippen molar-refractivity contribution >= 4 is 69.0 Å². The molecule has 2 aromatic rings. The van der Waals surface area contributed by atoms with Gasteiger partial charge in [-0.05, 0) is 94.6 Å². The number of rotatable bonds is 6. The van der Waals surface area contributed by atoms with Crippen molar-refractivity contribution in [2.75, 3.05) is 6.61 Å². The van der Waals surface area contributed by atoms with Crippen molar-refractivity contribution in [3.05, 3.63) is 35.6 Å². The molecule has 0 fully saturated rings. The van der Waals surface area contributed by atoms with Crippen LogP contribution in [-0.2, 0) is 4.79 Å². The highest BCUT2D eigenvalue weighted by Crippen LogP contribution is 2.31. The average Bonchev–Trinajstić information content (AvgIpc) is 2.87. The second-order valence-electron chi connectivity index (χ2n) is 4.37. The predicted octanol–water partition coefficient (Wildman–Crippen LogP) is 3.94. The zero-order chi connectivity index (χ0) is 17.0. The molecule has 1 heterocycles. The standard InChI is InChI=1S/C14H13I2N3O3S/c1-3-22-12-9(15)4-8(5-10(12)16)6-11(13(20)21)23-14-17-7(2)18-19-14/h4-6H,3H2,1-2H3,(H,20,21)(H,17,18,19)/b11-6-. The summed E-state index contributed by atoms with van der Waals surface area (Å²) in [6.07, 6.45) is 1.61. The minimum Gasteiger partial charge on any atom is -0.492 e. The highest BCUT2D eigenvalue weighted by Gasteiger charge is 2.14. The van der Waals surface area contributed by atoms with Crippen molar-refractivity contribution in [3.63, 3.8) is 0 Å². The van der Waals surface area contributed by atoms with Gasteiger partial charge in [0.15, 0.2) is 0 Å². The Kier molecular flexibility index (Phi) is 6.71. The number of benzene rings is 1. The number of nitrogens with zero attached hydrogens (tertiary/aromatic N) is 2. The van der Waals surface area contributed by atoms with E-state index in [1.807, 2.05) is 19.1 Å². The van der Waals surface area contributed by atoms with Gasteiger partial charge < -0.3 is 9.84 Å². The van der Waals surface area contributed by atoms with Gasteiger partial charge in [-0.15, -0.1) is 5.10 Å². The van der Waals surface area contributed by atoms with Crippen LogP contribution in [0.5, 0.6) is 5.75 Å². The molecule has 9 heteroatoms. The molecule has 0 saturated heterocycles. The number of thioether (sulfide) groups is 1. The third kappa shape index (κ3) is 5.08. The van der Waals surface area contributed by atoms with E-state index >= 15 is 0 Å². The van der Waals surface area contributed by atoms with Crippen molar-refractivity contribution in [1.29, 1.82) is 0 Å². The van der Waals surface area contributed by atoms with E-state index in [9.17, 15) is 9.90 Å². The smallest absolute Gasteiger partial charge is 0.342 e. The van der Waals surface area contributed by atoms with Gasteiger partial charge >= 0.3 is 5.97 Å². The lowest BCUT2D eigenvalue weighted by Gasteiger charge is -2.09. The highest BCUT2D eigenvalue weighted by atomic mass is 127. The molecule has 0 unspecified atom stereocenters. The van der Waals surface area contributed by atoms with E-state index in [0.29, 0.717) is 17.6 Å². The molecule has 122 valence electrons. The summed E-state index contributed by atoms with van der Waals surface area (Å²) >= 11 is 5.38. The number of halogens is 2. The molecule has 1 aromatic heterocycles. The Bertz CT molecular complexity index is 738. The molecule has 0 radical (unpaired) electrons. The fourth-order valence-electron chi connectivity index (χ4n) is 1.70. The Labute approximate surface area is 164 Å². The minimum absolute atomic E-state index is 0.153. The van der Waals surface area contributed by atoms with E-state index in [-0.39, 0.29) is 4.91 Å². The van der Waals surface area contributed by atoms with Crippen LogP contribution in [0.2, 0.25) is 0 Å². The third-order valence-electron chi connectivity index (χ3n) is 2.60. The topological polar surface area (TPSA) is 88.1 Å². The molecule has 23 heavy (non-hydrogen) atoms. The zero-order valence-electron chi connectivity index (χ0n) is 12.3. The SMILES string of the molecule is CCOc1c(I)cc(/C=C(\Sc2n[nH]c(C)n2)C(=O)O)cc1I. The molecule has 2 N–H and O–H groups in total. The van der Waals surface area contributed by atoms with E-state index in [2.05, 4.69) is 60.4 Å². The normalized spacial score (nSPS) is 11.6. The van der Waals surface area contributed by atoms with Crippen LogP contribution in [0.15, 0.2) is 22.2 Å². The number of aryl methyl sites for hydroxylation is 1. The number of carboxylic acid groups (broad SMARTS) is 1. The molecule has 0 atom stereocenters. The van der Waals surface area contributed by atoms with Gasteiger partial charge in [0, 0.05) is 0 Å². The number of carbonyl (C=O) groups is 1. The fraction of sp³-hybridized carbons (Fsp3) is 0.214. The lowest BCUT2D eigenvalue weighted by molar-refractivity contribution is -0.131. The fourth-order valence-corrected chi connectivity index (χ4v) is 4.58. The van der Waals surface area contributed by atoms with Crippen LogP contribution in [0.1, 0.15) is 18.3 Å². The first-order valence-electron chi connectivity index (χ1n) is 6.54. The first-order valence-corrected chi connectivity index (χ1v) is 9.51. The summed E-state index contributed by atoms with van der Waals surface area (Å²) in [5.74, 6) is 0.443. The lowest BCUT2D eigenvalue weighted by atomic mass is 10.2. The molecule has 0 saturated carbocycles. The molecule has 0 aliphatic rings. The van der Waals surface area contributed by atoms with Crippen molar-refractivity contribution < 1.29 is 14.6 Å². The minimum atomic E-state index is -1.02. The summed E-state index contributed by atoms with van der Waals surface area (Å²) in [7, 11) is 0. The number of ether oxygens (including phenoxy) is 1. The average molecular weight is 557 g/mol. The van der Waals surface area contributed by atoms with Crippen LogP contribution in [0.25, 0.3) is 6.08 Å². The van der Waals surface area contributed by atoms with E-state index < -0.39 is 5.97 Å². The third-order valence-corrected chi connectivity index (χ3v) is 5.08. The van der Waals surface area contributed by atoms with Crippen LogP contribution in [-0.4, -0.2) is 32.9 Å². The second kappa shape index (κ2) is 8.33. The Morgan fingerprint density at radius 3 is 2.57 bits per heavy atom. The molecular weight excluding hydrogens is 544 g/mol. The quantitative estimate of drug-likeness (QED) is 0.318. The molecule has 1 aromatic carbocycles. The van der Waals surface area contributed by atoms with Gasteiger partial charge in [-0.25, -0.2) is 9.78 Å². The van der Waals surface area contributed by atoms with Crippen molar-refractivity contribution in [1.82, 2.24) is 15.2 Å². The summed E-state index contributed by atoms with van der Waals surface area (Å²) in [4.78, 5) is 15.7. The summed E-state index contributed by atoms with van der Waals surface area (Å²) in [6.45, 7) is 4.28. The number of carboxylic acids is 1. The maximum Gasteiger partial charge on any atom is 0.342 e. The number of H-pyrrole nitrogens is 1. The number of nitrogens with one attached hydrogen (secondary N) is 1. The first kappa shape index (κ1) is 18.5. The molecule has 0 amide bonds. The van der Waals surface area contributed by atoms with Crippen LogP contribution in [0.4, 0.5) is 0 Å². The van der Waals surface area contributed by atoms with Gasteiger partial charge in [-0.3, -0.25) is 5.10 Å². The summed E-state index contributed by atoms with van der Waals surface area (Å²) in [6, 6.07) is 3.78. The molecular formula is C14H13I2N3O3S. The van der Waals surface area contributed by atoms with Gasteiger partial charge in [-0.1, -0.05) is 0 Å². The second-order valence-corrected chi connectivity index (χ2v) is 7.70. The lowest BCUT2D eigenvalue weighted by Crippen LogP contribution is -1.99. The molecule has 0 spiro atoms. The monoisotopic (exact) mass is 557 g/mol. The molecule has 6 nitrogen and oxygen atoms in total. The first-order chi connectivity index (χ1) is 10.9. The molecule has 2 rings (SSSR count). The summed E-state index contributed by atoms with van der Waals surface area (Å²) in [5, 5.41) is 16.4. The van der Waals surface area contributed by atoms with Crippen molar-refractivity contribution in [2.45, 2.75) is 19.0 Å². The van der Waals surface area contributed by atoms with Crippen LogP contribution < -0.4 is 4.74 Å². The number of aromatic amines is 1.